The Balaban J connectivity index is 0.000000218. The van der Waals surface area contributed by atoms with Crippen molar-refractivity contribution >= 4 is 120 Å². The summed E-state index contributed by atoms with van der Waals surface area (Å²) in [6, 6.07) is 0.556. The number of aliphatic hydroxyl groups excluding tert-OH is 13. The number of thiocarbonyl (C=S) groups is 1. The first-order valence-electron chi connectivity index (χ1n) is 43.2. The van der Waals surface area contributed by atoms with E-state index in [-0.39, 0.29) is 46.9 Å². The molecule has 0 aromatic carbocycles. The summed E-state index contributed by atoms with van der Waals surface area (Å²) in [5, 5.41) is 151. The Bertz CT molecular complexity index is 5070. The molecule has 44 heteroatoms. The maximum absolute atomic E-state index is 12.1. The highest BCUT2D eigenvalue weighted by molar-refractivity contribution is 7.80. The zero-order valence-electron chi connectivity index (χ0n) is 78.9. The molecular weight excluding hydrogens is 1850 g/mol. The number of amides is 6. The van der Waals surface area contributed by atoms with Gasteiger partial charge in [-0.15, -0.1) is 85.0 Å². The number of nitrogens with one attached hydrogen (secondary N) is 7. The highest BCUT2D eigenvalue weighted by Crippen LogP contribution is 2.46. The molecule has 6 amide bonds. The largest absolute Gasteiger partial charge is 0.391 e. The SMILES string of the molecule is C=C1NC(=O)C(C#CC)=CN1[C@@H]1O[C@H](CCP(=C)(C)C)[C@@H](O)[C@H]1O.C=C1NC(=O)C(CO)=CN1[C@@H]1O[C@H](CCP(=C)(C)C)[C@@H](O)[C@H]1O.C=C1NC(=O)N(C)C=C1[C@@H]1O[C@H](CCP(=C)(C)C)[C@@H](O)[C@H]1O.C=C1NC(=O)NC=C1[C@@H]1O[C@H](CCP(=C)(C)C)[C@@H](O)[C@H]1O.C=C1NC(=S)NC=C1[C@@H]1O[C@H](CCP(=C)(C)C)[C@@H](O)[C@H]1O.C=P(C)(C)CC[C@H]1O[C@@H](n2ccc(=O)n(C)c2=O)[C@H](O)[C@@H]1O. The Morgan fingerprint density at radius 3 is 1.11 bits per heavy atom. The minimum absolute atomic E-state index is 0.135. The predicted octanol–water partition coefficient (Wildman–Crippen LogP) is 0.283. The molecule has 24 atom stereocenters. The molecule has 0 saturated carbocycles. The van der Waals surface area contributed by atoms with E-state index in [0.29, 0.717) is 77.4 Å². The number of carbonyl (C=O) groups is 4. The summed E-state index contributed by atoms with van der Waals surface area (Å²) in [6.07, 6.45) is 22.8. The molecule has 0 bridgehead atoms. The summed E-state index contributed by atoms with van der Waals surface area (Å²) in [5.41, 5.74) is 2.53. The van der Waals surface area contributed by atoms with Crippen molar-refractivity contribution in [2.75, 3.05) is 131 Å². The maximum atomic E-state index is 12.1. The van der Waals surface area contributed by atoms with Crippen LogP contribution in [0.3, 0.4) is 0 Å². The third-order valence-corrected chi connectivity index (χ3v) is 32.1. The molecule has 12 heterocycles. The molecule has 0 radical (unpaired) electrons. The fourth-order valence-corrected chi connectivity index (χ4v) is 21.1. The van der Waals surface area contributed by atoms with E-state index < -0.39 is 206 Å². The van der Waals surface area contributed by atoms with Crippen molar-refractivity contribution in [3.63, 3.8) is 0 Å². The van der Waals surface area contributed by atoms with E-state index in [4.69, 9.17) is 40.6 Å². The Morgan fingerprint density at radius 2 is 0.744 bits per heavy atom. The van der Waals surface area contributed by atoms with E-state index >= 15 is 0 Å². The number of hydrogen-bond acceptors (Lipinski definition) is 28. The van der Waals surface area contributed by atoms with Gasteiger partial charge in [0.05, 0.1) is 48.8 Å². The highest BCUT2D eigenvalue weighted by atomic mass is 32.1. The molecule has 20 N–H and O–H groups in total. The topological polar surface area (TPSA) is 525 Å². The molecule has 6 fully saturated rings. The molecule has 0 aliphatic carbocycles. The van der Waals surface area contributed by atoms with Crippen molar-refractivity contribution in [3.8, 4) is 11.8 Å². The number of rotatable bonds is 25. The fraction of sp³-hybridized carbons (Fsp3) is 0.584. The molecular formula is C89H144N12O25P6S. The van der Waals surface area contributed by atoms with Gasteiger partial charge in [0.25, 0.3) is 17.4 Å². The van der Waals surface area contributed by atoms with Gasteiger partial charge in [0.1, 0.15) is 109 Å². The quantitative estimate of drug-likeness (QED) is 0.0355. The zero-order valence-corrected chi connectivity index (χ0v) is 85.1. The number of carbonyl (C=O) groups excluding carboxylic acids is 4. The van der Waals surface area contributed by atoms with Gasteiger partial charge in [0, 0.05) is 91.2 Å². The number of hydrogen-bond donors (Lipinski definition) is 20. The van der Waals surface area contributed by atoms with Crippen molar-refractivity contribution in [2.45, 2.75) is 192 Å². The monoisotopic (exact) mass is 2000 g/mol. The minimum Gasteiger partial charge on any atom is -0.391 e. The number of aliphatic hydroxyl groups is 13. The van der Waals surface area contributed by atoms with E-state index in [1.54, 1.807) is 26.4 Å². The van der Waals surface area contributed by atoms with E-state index in [1.807, 2.05) is 0 Å². The second-order valence-electron chi connectivity index (χ2n) is 38.8. The molecule has 133 heavy (non-hydrogen) atoms. The molecule has 12 rings (SSSR count). The van der Waals surface area contributed by atoms with Crippen LogP contribution in [-0.2, 0) is 45.1 Å². The summed E-state index contributed by atoms with van der Waals surface area (Å²) in [6.45, 7) is 38.1. The van der Waals surface area contributed by atoms with Gasteiger partial charge in [-0.3, -0.25) is 23.5 Å². The zero-order chi connectivity index (χ0) is 100. The molecule has 1 aromatic heterocycles. The van der Waals surface area contributed by atoms with E-state index in [2.05, 4.69) is 200 Å². The lowest BCUT2D eigenvalue weighted by Crippen LogP contribution is -2.48. The van der Waals surface area contributed by atoms with Gasteiger partial charge in [0.15, 0.2) is 23.8 Å². The highest BCUT2D eigenvalue weighted by Gasteiger charge is 2.52. The van der Waals surface area contributed by atoms with Crippen molar-refractivity contribution in [3.05, 3.63) is 154 Å². The van der Waals surface area contributed by atoms with Crippen LogP contribution in [0.2, 0.25) is 0 Å². The van der Waals surface area contributed by atoms with Crippen molar-refractivity contribution < 1.29 is 114 Å². The average Bonchev–Trinajstić information content (AvgIpc) is 1.66. The van der Waals surface area contributed by atoms with Gasteiger partial charge in [-0.1, -0.05) is 38.8 Å². The molecule has 1 aromatic rings. The lowest BCUT2D eigenvalue weighted by molar-refractivity contribution is -0.120. The van der Waals surface area contributed by atoms with Crippen LogP contribution in [0.15, 0.2) is 142 Å². The molecule has 0 unspecified atom stereocenters. The number of nitrogens with zero attached hydrogens (tertiary/aromatic N) is 5. The third-order valence-electron chi connectivity index (χ3n) is 23.0. The van der Waals surface area contributed by atoms with Gasteiger partial charge in [-0.25, -0.2) is 14.4 Å². The molecule has 37 nitrogen and oxygen atoms in total. The fourth-order valence-electron chi connectivity index (χ4n) is 15.2. The molecule has 746 valence electrons. The lowest BCUT2D eigenvalue weighted by Gasteiger charge is -2.34. The average molecular weight is 2000 g/mol. The standard InChI is InChI=1S/C17H25N2O4P.C15H25N2O5P.C15H25N2O4P.C14H23N2O5P.C14H23N2O4P.C14H23N2O3PS/c1-6-7-12-10-19(11(2)18-16(12)22)17-15(21)14(20)13(23-17)8-9-24(3,4)5;1-9-16-14(21)10(8-18)7-17(9)15-13(20)12(19)11(22-15)5-6-23(2,3)4;1-9-10(8-17(2)15(20)16-9)14-13(19)12(18)11(21-14)6-7-22(3,4)5;1-15-10(17)5-7-16(14(15)20)13-12(19)11(18)9(21-13)6-8-22(2,3)4;1-8-9(7-15-14(19)16-8)13-12(18)11(17)10(20-13)5-6-21(2,3)4;1-8-9(7-15-14(21)16-8)13-12(18)11(17)10(19-13)5-6-20(2,3)4/h10,13-15,17,20-21H,2-3,8-9H2,1,4-5H3,(H,18,22);7,11-13,15,18-20H,1-2,5-6,8H2,3-4H3,(H,16,21);8,11-14,18-19H,1,3,6-7H2,2,4-5H3,(H,16,20);5,7,9,11-13,18-19H,2,6,8H2,1,3-4H3;7,10-13,17-18H,1-2,5-6H2,3-4H3,(H2,15,16,19);7,10-13,17-18H,1-2,5-6H2,3-4H3,(H2,15,16,21)/t13-,14-,15-,17-;11-,12-,13-,15-;11-,12-,13-,14+;9-,11-,12-,13-;2*10-,11-,12-,13+/m111111/s1. The van der Waals surface area contributed by atoms with E-state index in [9.17, 15) is 95.2 Å². The van der Waals surface area contributed by atoms with E-state index in [0.717, 1.165) is 46.1 Å². The Morgan fingerprint density at radius 1 is 0.414 bits per heavy atom. The molecule has 11 aliphatic rings. The van der Waals surface area contributed by atoms with Crippen LogP contribution >= 0.6 is 53.5 Å². The Hall–Kier alpha value is -6.55. The minimum atomic E-state index is -1.27. The lowest BCUT2D eigenvalue weighted by atomic mass is 9.99. The maximum Gasteiger partial charge on any atom is 0.332 e. The Kier molecular flexibility index (Phi) is 40.4. The third kappa shape index (κ3) is 31.7. The van der Waals surface area contributed by atoms with Crippen LogP contribution in [0.5, 0.6) is 0 Å². The van der Waals surface area contributed by atoms with Gasteiger partial charge >= 0.3 is 17.8 Å². The van der Waals surface area contributed by atoms with Crippen molar-refractivity contribution in [1.29, 1.82) is 0 Å². The second kappa shape index (κ2) is 47.4. The predicted molar refractivity (Wildman–Crippen MR) is 541 cm³/mol. The van der Waals surface area contributed by atoms with Gasteiger partial charge in [-0.05, 0) is 175 Å². The smallest absolute Gasteiger partial charge is 0.332 e. The van der Waals surface area contributed by atoms with Crippen LogP contribution in [0.1, 0.15) is 51.7 Å². The summed E-state index contributed by atoms with van der Waals surface area (Å²) in [4.78, 5) is 74.0. The van der Waals surface area contributed by atoms with Crippen LogP contribution in [0.25, 0.3) is 0 Å². The van der Waals surface area contributed by atoms with Crippen LogP contribution in [0.4, 0.5) is 9.59 Å². The van der Waals surface area contributed by atoms with E-state index in [1.165, 1.54) is 52.6 Å². The van der Waals surface area contributed by atoms with Crippen molar-refractivity contribution in [1.82, 2.24) is 61.1 Å². The van der Waals surface area contributed by atoms with Gasteiger partial charge in [-0.2, -0.15) is 0 Å². The summed E-state index contributed by atoms with van der Waals surface area (Å²) >= 11 is 4.99. The summed E-state index contributed by atoms with van der Waals surface area (Å²) < 4.78 is 36.9. The van der Waals surface area contributed by atoms with Crippen LogP contribution in [0, 0.1) is 11.8 Å². The molecule has 11 aliphatic heterocycles. The normalized spacial score (nSPS) is 31.8. The molecule has 0 spiro atoms. The first-order valence-corrected chi connectivity index (χ1v) is 61.9. The van der Waals surface area contributed by atoms with Crippen LogP contribution < -0.4 is 48.5 Å². The summed E-state index contributed by atoms with van der Waals surface area (Å²) in [5.74, 6) is 5.09. The van der Waals surface area contributed by atoms with Crippen molar-refractivity contribution in [2.24, 2.45) is 7.05 Å². The number of urea groups is 2. The van der Waals surface area contributed by atoms with Gasteiger partial charge in [0.2, 0.25) is 0 Å². The molecule has 6 saturated heterocycles. The second-order valence-corrected chi connectivity index (χ2v) is 65.1. The van der Waals surface area contributed by atoms with Crippen LogP contribution in [-0.4, -0.2) is 428 Å². The summed E-state index contributed by atoms with van der Waals surface area (Å²) in [7, 11) is 2.96. The number of ether oxygens (including phenoxy) is 6. The first kappa shape index (κ1) is 113. The number of aromatic nitrogens is 2. The van der Waals surface area contributed by atoms with Gasteiger partial charge < -0.3 is 147 Å². The Labute approximate surface area is 786 Å². The first-order chi connectivity index (χ1) is 61.4.